The van der Waals surface area contributed by atoms with Gasteiger partial charge in [0.1, 0.15) is 17.1 Å². The van der Waals surface area contributed by atoms with Gasteiger partial charge in [-0.15, -0.1) is 0 Å². The van der Waals surface area contributed by atoms with Gasteiger partial charge in [0.05, 0.1) is 5.69 Å². The third-order valence-corrected chi connectivity index (χ3v) is 2.98. The number of carbonyl (C=O) groups is 1. The Kier molecular flexibility index (Phi) is 4.02. The predicted molar refractivity (Wildman–Crippen MR) is 75.7 cm³/mol. The lowest BCUT2D eigenvalue weighted by Gasteiger charge is -2.12. The second-order valence-corrected chi connectivity index (χ2v) is 4.80. The van der Waals surface area contributed by atoms with Crippen LogP contribution in [0.1, 0.15) is 27.4 Å². The maximum absolute atomic E-state index is 12.1. The van der Waals surface area contributed by atoms with Gasteiger partial charge >= 0.3 is 0 Å². The van der Waals surface area contributed by atoms with Crippen molar-refractivity contribution in [2.45, 2.75) is 20.4 Å². The lowest BCUT2D eigenvalue weighted by Crippen LogP contribution is -2.24. The Bertz CT molecular complexity index is 600. The first kappa shape index (κ1) is 14.0. The molecule has 0 fully saturated rings. The van der Waals surface area contributed by atoms with E-state index in [1.807, 2.05) is 31.1 Å². The molecule has 106 valence electrons. The highest BCUT2D eigenvalue weighted by molar-refractivity contribution is 5.96. The zero-order valence-corrected chi connectivity index (χ0v) is 12.1. The topological polar surface area (TPSA) is 71.3 Å². The summed E-state index contributed by atoms with van der Waals surface area (Å²) in [6.45, 7) is 3.92. The molecule has 2 aromatic rings. The molecule has 2 heterocycles. The number of rotatable bonds is 4. The first-order chi connectivity index (χ1) is 9.49. The molecule has 2 aromatic heterocycles. The molecule has 0 radical (unpaired) electrons. The maximum Gasteiger partial charge on any atom is 0.257 e. The van der Waals surface area contributed by atoms with Crippen LogP contribution in [-0.2, 0) is 6.54 Å². The number of aromatic nitrogens is 2. The standard InChI is InChI=1S/C14H18N4O2/c1-9-13(10(2)20-17-9)14(19)16-8-11-5-6-15-12(7-11)18(3)4/h5-7H,8H2,1-4H3,(H,16,19). The van der Waals surface area contributed by atoms with Gasteiger partial charge in [0.2, 0.25) is 0 Å². The second kappa shape index (κ2) is 5.73. The third-order valence-electron chi connectivity index (χ3n) is 2.98. The van der Waals surface area contributed by atoms with E-state index in [-0.39, 0.29) is 5.91 Å². The Hall–Kier alpha value is -2.37. The largest absolute Gasteiger partial charge is 0.363 e. The van der Waals surface area contributed by atoms with Gasteiger partial charge in [0, 0.05) is 26.8 Å². The summed E-state index contributed by atoms with van der Waals surface area (Å²) in [7, 11) is 3.85. The van der Waals surface area contributed by atoms with Gasteiger partial charge in [-0.3, -0.25) is 4.79 Å². The molecule has 1 amide bonds. The molecule has 1 N–H and O–H groups in total. The highest BCUT2D eigenvalue weighted by Gasteiger charge is 2.16. The van der Waals surface area contributed by atoms with Crippen LogP contribution < -0.4 is 10.2 Å². The van der Waals surface area contributed by atoms with Crippen molar-refractivity contribution in [1.82, 2.24) is 15.5 Å². The van der Waals surface area contributed by atoms with E-state index < -0.39 is 0 Å². The smallest absolute Gasteiger partial charge is 0.257 e. The van der Waals surface area contributed by atoms with Gasteiger partial charge in [0.15, 0.2) is 0 Å². The number of hydrogen-bond acceptors (Lipinski definition) is 5. The fraction of sp³-hybridized carbons (Fsp3) is 0.357. The van der Waals surface area contributed by atoms with E-state index in [0.717, 1.165) is 11.4 Å². The van der Waals surface area contributed by atoms with Crippen molar-refractivity contribution in [3.8, 4) is 0 Å². The predicted octanol–water partition coefficient (Wildman–Crippen LogP) is 1.68. The Labute approximate surface area is 117 Å². The highest BCUT2D eigenvalue weighted by atomic mass is 16.5. The van der Waals surface area contributed by atoms with Gasteiger partial charge < -0.3 is 14.7 Å². The van der Waals surface area contributed by atoms with Crippen molar-refractivity contribution in [1.29, 1.82) is 0 Å². The molecule has 0 aliphatic rings. The summed E-state index contributed by atoms with van der Waals surface area (Å²) in [6.07, 6.45) is 1.73. The van der Waals surface area contributed by atoms with Crippen LogP contribution in [0.2, 0.25) is 0 Å². The van der Waals surface area contributed by atoms with Crippen molar-refractivity contribution in [3.63, 3.8) is 0 Å². The fourth-order valence-electron chi connectivity index (χ4n) is 1.89. The van der Waals surface area contributed by atoms with Crippen molar-refractivity contribution >= 4 is 11.7 Å². The number of carbonyl (C=O) groups excluding carboxylic acids is 1. The summed E-state index contributed by atoms with van der Waals surface area (Å²) in [5, 5.41) is 6.64. The Morgan fingerprint density at radius 2 is 2.15 bits per heavy atom. The first-order valence-corrected chi connectivity index (χ1v) is 6.32. The molecule has 0 atom stereocenters. The number of nitrogens with zero attached hydrogens (tertiary/aromatic N) is 3. The lowest BCUT2D eigenvalue weighted by molar-refractivity contribution is 0.0949. The van der Waals surface area contributed by atoms with Crippen LogP contribution in [0.25, 0.3) is 0 Å². The van der Waals surface area contributed by atoms with Crippen LogP contribution in [-0.4, -0.2) is 30.1 Å². The minimum atomic E-state index is -0.176. The number of amides is 1. The molecule has 0 aliphatic carbocycles. The van der Waals surface area contributed by atoms with E-state index in [2.05, 4.69) is 15.5 Å². The Balaban J connectivity index is 2.06. The Morgan fingerprint density at radius 1 is 1.40 bits per heavy atom. The molecule has 0 aliphatic heterocycles. The Morgan fingerprint density at radius 3 is 2.75 bits per heavy atom. The number of pyridine rings is 1. The molecule has 0 saturated carbocycles. The van der Waals surface area contributed by atoms with Gasteiger partial charge in [0.25, 0.3) is 5.91 Å². The monoisotopic (exact) mass is 274 g/mol. The van der Waals surface area contributed by atoms with Crippen LogP contribution in [0.3, 0.4) is 0 Å². The summed E-state index contributed by atoms with van der Waals surface area (Å²) in [4.78, 5) is 18.3. The van der Waals surface area contributed by atoms with E-state index in [9.17, 15) is 4.79 Å². The average Bonchev–Trinajstić information content (AvgIpc) is 2.76. The molecule has 0 saturated heterocycles. The van der Waals surface area contributed by atoms with Crippen LogP contribution in [0, 0.1) is 13.8 Å². The zero-order valence-electron chi connectivity index (χ0n) is 12.1. The molecular formula is C14H18N4O2. The number of anilines is 1. The van der Waals surface area contributed by atoms with E-state index in [0.29, 0.717) is 23.6 Å². The van der Waals surface area contributed by atoms with Crippen LogP contribution >= 0.6 is 0 Å². The van der Waals surface area contributed by atoms with Crippen molar-refractivity contribution in [3.05, 3.63) is 40.9 Å². The van der Waals surface area contributed by atoms with E-state index in [1.54, 1.807) is 20.0 Å². The lowest BCUT2D eigenvalue weighted by atomic mass is 10.2. The van der Waals surface area contributed by atoms with E-state index in [4.69, 9.17) is 4.52 Å². The quantitative estimate of drug-likeness (QED) is 0.918. The highest BCUT2D eigenvalue weighted by Crippen LogP contribution is 2.13. The van der Waals surface area contributed by atoms with Crippen molar-refractivity contribution < 1.29 is 9.32 Å². The van der Waals surface area contributed by atoms with Gasteiger partial charge in [-0.2, -0.15) is 0 Å². The molecule has 6 heteroatoms. The van der Waals surface area contributed by atoms with Gasteiger partial charge in [-0.1, -0.05) is 5.16 Å². The third kappa shape index (κ3) is 2.96. The normalized spacial score (nSPS) is 10.4. The zero-order chi connectivity index (χ0) is 14.7. The van der Waals surface area contributed by atoms with Gasteiger partial charge in [-0.05, 0) is 31.5 Å². The SMILES string of the molecule is Cc1noc(C)c1C(=O)NCc1ccnc(N(C)C)c1. The molecule has 0 bridgehead atoms. The molecule has 20 heavy (non-hydrogen) atoms. The minimum absolute atomic E-state index is 0.176. The molecule has 6 nitrogen and oxygen atoms in total. The summed E-state index contributed by atoms with van der Waals surface area (Å²) in [6, 6.07) is 3.81. The second-order valence-electron chi connectivity index (χ2n) is 4.80. The fourth-order valence-corrected chi connectivity index (χ4v) is 1.89. The van der Waals surface area contributed by atoms with E-state index in [1.165, 1.54) is 0 Å². The summed E-state index contributed by atoms with van der Waals surface area (Å²) in [5.74, 6) is 1.21. The first-order valence-electron chi connectivity index (χ1n) is 6.32. The summed E-state index contributed by atoms with van der Waals surface area (Å²) < 4.78 is 4.99. The van der Waals surface area contributed by atoms with E-state index >= 15 is 0 Å². The number of hydrogen-bond donors (Lipinski definition) is 1. The van der Waals surface area contributed by atoms with Crippen LogP contribution in [0.5, 0.6) is 0 Å². The summed E-state index contributed by atoms with van der Waals surface area (Å²) >= 11 is 0. The average molecular weight is 274 g/mol. The van der Waals surface area contributed by atoms with Crippen molar-refractivity contribution in [2.24, 2.45) is 0 Å². The number of nitrogens with one attached hydrogen (secondary N) is 1. The molecule has 0 unspecified atom stereocenters. The number of aryl methyl sites for hydroxylation is 2. The molecule has 2 rings (SSSR count). The maximum atomic E-state index is 12.1. The van der Waals surface area contributed by atoms with Crippen LogP contribution in [0.4, 0.5) is 5.82 Å². The summed E-state index contributed by atoms with van der Waals surface area (Å²) in [5.41, 5.74) is 2.10. The van der Waals surface area contributed by atoms with Crippen LogP contribution in [0.15, 0.2) is 22.9 Å². The van der Waals surface area contributed by atoms with Crippen molar-refractivity contribution in [2.75, 3.05) is 19.0 Å². The minimum Gasteiger partial charge on any atom is -0.363 e. The molecular weight excluding hydrogens is 256 g/mol. The molecule has 0 spiro atoms. The molecule has 0 aromatic carbocycles. The van der Waals surface area contributed by atoms with Gasteiger partial charge in [-0.25, -0.2) is 4.98 Å².